The molecule has 0 aromatic heterocycles. The third kappa shape index (κ3) is 8.49. The van der Waals surface area contributed by atoms with Gasteiger partial charge in [0.05, 0.1) is 12.7 Å². The Labute approximate surface area is 97.1 Å². The van der Waals surface area contributed by atoms with E-state index in [1.165, 1.54) is 0 Å². The van der Waals surface area contributed by atoms with Gasteiger partial charge < -0.3 is 19.9 Å². The van der Waals surface area contributed by atoms with Crippen LogP contribution in [-0.4, -0.2) is 43.2 Å². The summed E-state index contributed by atoms with van der Waals surface area (Å²) in [6, 6.07) is 0. The van der Waals surface area contributed by atoms with Crippen LogP contribution < -0.4 is 5.32 Å². The van der Waals surface area contributed by atoms with Gasteiger partial charge in [-0.05, 0) is 33.6 Å². The maximum Gasteiger partial charge on any atom is 0.407 e. The second kappa shape index (κ2) is 7.46. The van der Waals surface area contributed by atoms with Crippen molar-refractivity contribution in [2.24, 2.45) is 0 Å². The van der Waals surface area contributed by atoms with E-state index >= 15 is 0 Å². The van der Waals surface area contributed by atoms with Crippen LogP contribution in [0.15, 0.2) is 0 Å². The van der Waals surface area contributed by atoms with E-state index in [0.717, 1.165) is 6.42 Å². The number of methoxy groups -OCH3 is 1. The molecule has 0 aliphatic rings. The third-order valence-corrected chi connectivity index (χ3v) is 1.91. The Balaban J connectivity index is 3.55. The number of hydrogen-bond acceptors (Lipinski definition) is 4. The van der Waals surface area contributed by atoms with Gasteiger partial charge in [-0.3, -0.25) is 0 Å². The maximum absolute atomic E-state index is 11.2. The molecule has 96 valence electrons. The lowest BCUT2D eigenvalue weighted by Gasteiger charge is -2.19. The first-order valence-electron chi connectivity index (χ1n) is 5.49. The van der Waals surface area contributed by atoms with Gasteiger partial charge in [-0.25, -0.2) is 4.79 Å². The van der Waals surface area contributed by atoms with Gasteiger partial charge in [-0.15, -0.1) is 0 Å². The molecule has 0 aliphatic carbocycles. The van der Waals surface area contributed by atoms with Gasteiger partial charge in [-0.1, -0.05) is 0 Å². The number of carbonyl (C=O) groups excluding carboxylic acids is 1. The summed E-state index contributed by atoms with van der Waals surface area (Å²) in [5.74, 6) is 0. The van der Waals surface area contributed by atoms with E-state index in [0.29, 0.717) is 13.0 Å². The van der Waals surface area contributed by atoms with Crippen LogP contribution in [0.25, 0.3) is 0 Å². The van der Waals surface area contributed by atoms with Gasteiger partial charge in [0, 0.05) is 13.7 Å². The lowest BCUT2D eigenvalue weighted by Crippen LogP contribution is -2.33. The number of hydrogen-bond donors (Lipinski definition) is 2. The predicted octanol–water partition coefficient (Wildman–Crippen LogP) is 1.30. The minimum atomic E-state index is -0.468. The average molecular weight is 233 g/mol. The molecular formula is C11H23NO4. The lowest BCUT2D eigenvalue weighted by molar-refractivity contribution is 0.0401. The van der Waals surface area contributed by atoms with Crippen molar-refractivity contribution < 1.29 is 19.4 Å². The van der Waals surface area contributed by atoms with Crippen LogP contribution in [0.5, 0.6) is 0 Å². The number of ether oxygens (including phenoxy) is 2. The first kappa shape index (κ1) is 15.2. The largest absolute Gasteiger partial charge is 0.444 e. The molecule has 0 spiro atoms. The zero-order valence-corrected chi connectivity index (χ0v) is 10.6. The molecule has 2 N–H and O–H groups in total. The summed E-state index contributed by atoms with van der Waals surface area (Å²) in [6.07, 6.45) is 0.895. The van der Waals surface area contributed by atoms with Gasteiger partial charge in [0.1, 0.15) is 5.60 Å². The molecule has 0 rings (SSSR count). The molecule has 0 aromatic carbocycles. The van der Waals surface area contributed by atoms with Crippen molar-refractivity contribution in [2.45, 2.75) is 45.3 Å². The summed E-state index contributed by atoms with van der Waals surface area (Å²) < 4.78 is 10.1. The lowest BCUT2D eigenvalue weighted by atomic mass is 10.2. The molecule has 0 bridgehead atoms. The topological polar surface area (TPSA) is 67.8 Å². The molecule has 5 heteroatoms. The van der Waals surface area contributed by atoms with Gasteiger partial charge in [0.2, 0.25) is 0 Å². The van der Waals surface area contributed by atoms with Crippen LogP contribution in [0.3, 0.4) is 0 Å². The summed E-state index contributed by atoms with van der Waals surface area (Å²) in [4.78, 5) is 11.2. The van der Waals surface area contributed by atoms with E-state index < -0.39 is 11.7 Å². The summed E-state index contributed by atoms with van der Waals surface area (Å²) in [6.45, 7) is 5.98. The molecule has 0 saturated carbocycles. The molecule has 0 heterocycles. The van der Waals surface area contributed by atoms with E-state index in [2.05, 4.69) is 5.32 Å². The smallest absolute Gasteiger partial charge is 0.407 e. The van der Waals surface area contributed by atoms with Crippen molar-refractivity contribution in [1.82, 2.24) is 5.32 Å². The fourth-order valence-corrected chi connectivity index (χ4v) is 1.12. The van der Waals surface area contributed by atoms with Gasteiger partial charge in [0.25, 0.3) is 0 Å². The molecule has 0 aromatic rings. The number of aliphatic hydroxyl groups is 1. The normalized spacial score (nSPS) is 13.3. The van der Waals surface area contributed by atoms with Crippen LogP contribution in [-0.2, 0) is 9.47 Å². The highest BCUT2D eigenvalue weighted by molar-refractivity contribution is 5.67. The fourth-order valence-electron chi connectivity index (χ4n) is 1.12. The highest BCUT2D eigenvalue weighted by Crippen LogP contribution is 2.06. The zero-order valence-electron chi connectivity index (χ0n) is 10.6. The SMILES string of the molecule is COC(CO)CCCNC(=O)OC(C)(C)C. The second-order valence-electron chi connectivity index (χ2n) is 4.61. The molecular weight excluding hydrogens is 210 g/mol. The van der Waals surface area contributed by atoms with E-state index in [9.17, 15) is 4.79 Å². The van der Waals surface area contributed by atoms with Gasteiger partial charge >= 0.3 is 6.09 Å². The number of rotatable bonds is 6. The van der Waals surface area contributed by atoms with E-state index in [4.69, 9.17) is 14.6 Å². The highest BCUT2D eigenvalue weighted by Gasteiger charge is 2.15. The number of aliphatic hydroxyl groups excluding tert-OH is 1. The predicted molar refractivity (Wildman–Crippen MR) is 61.4 cm³/mol. The summed E-state index contributed by atoms with van der Waals surface area (Å²) >= 11 is 0. The van der Waals surface area contributed by atoms with Crippen molar-refractivity contribution in [1.29, 1.82) is 0 Å². The quantitative estimate of drug-likeness (QED) is 0.678. The molecule has 0 saturated heterocycles. The third-order valence-electron chi connectivity index (χ3n) is 1.91. The first-order chi connectivity index (χ1) is 7.39. The molecule has 0 fully saturated rings. The summed E-state index contributed by atoms with van der Waals surface area (Å²) in [5.41, 5.74) is -0.468. The molecule has 1 unspecified atom stereocenters. The van der Waals surface area contributed by atoms with Crippen molar-refractivity contribution in [3.63, 3.8) is 0 Å². The van der Waals surface area contributed by atoms with E-state index in [-0.39, 0.29) is 12.7 Å². The molecule has 0 radical (unpaired) electrons. The Morgan fingerprint density at radius 1 is 1.44 bits per heavy atom. The number of amides is 1. The minimum Gasteiger partial charge on any atom is -0.444 e. The maximum atomic E-state index is 11.2. The van der Waals surface area contributed by atoms with E-state index in [1.54, 1.807) is 7.11 Å². The van der Waals surface area contributed by atoms with Crippen molar-refractivity contribution in [2.75, 3.05) is 20.3 Å². The standard InChI is InChI=1S/C11H23NO4/c1-11(2,3)16-10(14)12-7-5-6-9(8-13)15-4/h9,13H,5-8H2,1-4H3,(H,12,14). The van der Waals surface area contributed by atoms with Gasteiger partial charge in [0.15, 0.2) is 0 Å². The van der Waals surface area contributed by atoms with Crippen LogP contribution >= 0.6 is 0 Å². The van der Waals surface area contributed by atoms with Crippen molar-refractivity contribution in [3.05, 3.63) is 0 Å². The van der Waals surface area contributed by atoms with E-state index in [1.807, 2.05) is 20.8 Å². The molecule has 1 amide bonds. The molecule has 16 heavy (non-hydrogen) atoms. The number of nitrogens with one attached hydrogen (secondary N) is 1. The molecule has 0 aliphatic heterocycles. The monoisotopic (exact) mass is 233 g/mol. The van der Waals surface area contributed by atoms with Gasteiger partial charge in [-0.2, -0.15) is 0 Å². The van der Waals surface area contributed by atoms with Crippen LogP contribution in [0, 0.1) is 0 Å². The zero-order chi connectivity index (χ0) is 12.6. The second-order valence-corrected chi connectivity index (χ2v) is 4.61. The number of carbonyl (C=O) groups is 1. The Bertz CT molecular complexity index is 197. The highest BCUT2D eigenvalue weighted by atomic mass is 16.6. The Hall–Kier alpha value is -0.810. The Morgan fingerprint density at radius 3 is 2.50 bits per heavy atom. The molecule has 1 atom stereocenters. The summed E-state index contributed by atoms with van der Waals surface area (Å²) in [7, 11) is 1.56. The van der Waals surface area contributed by atoms with Crippen LogP contribution in [0.1, 0.15) is 33.6 Å². The van der Waals surface area contributed by atoms with Crippen LogP contribution in [0.4, 0.5) is 4.79 Å². The summed E-state index contributed by atoms with van der Waals surface area (Å²) in [5, 5.41) is 11.5. The minimum absolute atomic E-state index is 0.00291. The molecule has 5 nitrogen and oxygen atoms in total. The Morgan fingerprint density at radius 2 is 2.06 bits per heavy atom. The number of alkyl carbamates (subject to hydrolysis) is 1. The average Bonchev–Trinajstić information content (AvgIpc) is 2.15. The van der Waals surface area contributed by atoms with Crippen LogP contribution in [0.2, 0.25) is 0 Å². The Kier molecular flexibility index (Phi) is 7.08. The van der Waals surface area contributed by atoms with Crippen molar-refractivity contribution in [3.8, 4) is 0 Å². The van der Waals surface area contributed by atoms with Crippen molar-refractivity contribution >= 4 is 6.09 Å². The first-order valence-corrected chi connectivity index (χ1v) is 5.49. The fraction of sp³-hybridized carbons (Fsp3) is 0.909.